The molecule has 1 aliphatic carbocycles. The number of hydrogen-bond donors (Lipinski definition) is 1. The summed E-state index contributed by atoms with van der Waals surface area (Å²) in [4.78, 5) is 8.50. The number of nitrogens with one attached hydrogen (secondary N) is 1. The van der Waals surface area contributed by atoms with Gasteiger partial charge in [-0.3, -0.25) is 0 Å². The van der Waals surface area contributed by atoms with Crippen molar-refractivity contribution in [3.63, 3.8) is 0 Å². The lowest BCUT2D eigenvalue weighted by atomic mass is 9.94. The Labute approximate surface area is 146 Å². The highest BCUT2D eigenvalue weighted by molar-refractivity contribution is 5.47. The van der Waals surface area contributed by atoms with Crippen molar-refractivity contribution in [1.29, 1.82) is 0 Å². The molecular formula is C19H22FN5. The maximum Gasteiger partial charge on any atom is 0.254 e. The smallest absolute Gasteiger partial charge is 0.254 e. The molecule has 1 atom stereocenters. The second kappa shape index (κ2) is 6.10. The minimum Gasteiger partial charge on any atom is -0.363 e. The SMILES string of the molecule is Cc1cc(N[C@@H](c2ccc(C3CC3)cc2F)C(C)C)n2ncnc2n1. The number of nitrogens with zero attached hydrogens (tertiary/aromatic N) is 4. The third-order valence-corrected chi connectivity index (χ3v) is 4.76. The van der Waals surface area contributed by atoms with Gasteiger partial charge in [-0.05, 0) is 43.2 Å². The molecule has 1 fully saturated rings. The topological polar surface area (TPSA) is 55.1 Å². The van der Waals surface area contributed by atoms with E-state index in [1.807, 2.05) is 19.1 Å². The summed E-state index contributed by atoms with van der Waals surface area (Å²) in [7, 11) is 0. The normalized spacial score (nSPS) is 15.7. The number of aromatic nitrogens is 4. The summed E-state index contributed by atoms with van der Waals surface area (Å²) >= 11 is 0. The molecule has 0 saturated heterocycles. The van der Waals surface area contributed by atoms with Crippen molar-refractivity contribution in [3.05, 3.63) is 53.2 Å². The molecular weight excluding hydrogens is 317 g/mol. The molecule has 1 N–H and O–H groups in total. The molecule has 1 aromatic carbocycles. The Morgan fingerprint density at radius 3 is 2.72 bits per heavy atom. The van der Waals surface area contributed by atoms with Crippen LogP contribution in [0.3, 0.4) is 0 Å². The van der Waals surface area contributed by atoms with Crippen molar-refractivity contribution in [2.24, 2.45) is 5.92 Å². The first-order valence-electron chi connectivity index (χ1n) is 8.76. The van der Waals surface area contributed by atoms with Crippen LogP contribution in [-0.4, -0.2) is 19.6 Å². The van der Waals surface area contributed by atoms with Gasteiger partial charge in [-0.25, -0.2) is 9.37 Å². The Kier molecular flexibility index (Phi) is 3.90. The van der Waals surface area contributed by atoms with Crippen molar-refractivity contribution in [1.82, 2.24) is 19.6 Å². The fourth-order valence-corrected chi connectivity index (χ4v) is 3.26. The number of anilines is 1. The predicted octanol–water partition coefficient (Wildman–Crippen LogP) is 4.26. The Morgan fingerprint density at radius 1 is 1.24 bits per heavy atom. The molecule has 0 amide bonds. The van der Waals surface area contributed by atoms with Crippen molar-refractivity contribution in [2.75, 3.05) is 5.32 Å². The van der Waals surface area contributed by atoms with Gasteiger partial charge in [-0.2, -0.15) is 14.6 Å². The van der Waals surface area contributed by atoms with Crippen LogP contribution in [0, 0.1) is 18.7 Å². The fourth-order valence-electron chi connectivity index (χ4n) is 3.26. The maximum atomic E-state index is 14.8. The quantitative estimate of drug-likeness (QED) is 0.755. The zero-order valence-electron chi connectivity index (χ0n) is 14.7. The van der Waals surface area contributed by atoms with E-state index in [-0.39, 0.29) is 17.8 Å². The van der Waals surface area contributed by atoms with E-state index in [4.69, 9.17) is 0 Å². The predicted molar refractivity (Wildman–Crippen MR) is 95.1 cm³/mol. The molecule has 130 valence electrons. The molecule has 0 bridgehead atoms. The summed E-state index contributed by atoms with van der Waals surface area (Å²) in [5, 5.41) is 7.67. The molecule has 2 aromatic heterocycles. The van der Waals surface area contributed by atoms with Crippen molar-refractivity contribution < 1.29 is 4.39 Å². The van der Waals surface area contributed by atoms with Crippen LogP contribution >= 0.6 is 0 Å². The molecule has 0 spiro atoms. The Hall–Kier alpha value is -2.50. The molecule has 1 saturated carbocycles. The first kappa shape index (κ1) is 16.0. The monoisotopic (exact) mass is 339 g/mol. The van der Waals surface area contributed by atoms with Crippen LogP contribution in [-0.2, 0) is 0 Å². The lowest BCUT2D eigenvalue weighted by Crippen LogP contribution is -2.20. The van der Waals surface area contributed by atoms with Crippen LogP contribution in [0.5, 0.6) is 0 Å². The standard InChI is InChI=1S/C19H22FN5/c1-11(2)18(15-7-6-14(9-16(15)20)13-4-5-13)24-17-8-12(3)23-19-21-10-22-25(17)19/h6-11,13,18,24H,4-5H2,1-3H3/t18-/m1/s1. The largest absolute Gasteiger partial charge is 0.363 e. The van der Waals surface area contributed by atoms with Gasteiger partial charge < -0.3 is 5.32 Å². The average molecular weight is 339 g/mol. The lowest BCUT2D eigenvalue weighted by molar-refractivity contribution is 0.507. The third-order valence-electron chi connectivity index (χ3n) is 4.76. The van der Waals surface area contributed by atoms with Crippen LogP contribution in [0.25, 0.3) is 5.78 Å². The van der Waals surface area contributed by atoms with Crippen molar-refractivity contribution >= 4 is 11.6 Å². The van der Waals surface area contributed by atoms with Crippen LogP contribution in [0.1, 0.15) is 55.5 Å². The van der Waals surface area contributed by atoms with Gasteiger partial charge in [0.25, 0.3) is 5.78 Å². The summed E-state index contributed by atoms with van der Waals surface area (Å²) in [5.74, 6) is 1.91. The van der Waals surface area contributed by atoms with Gasteiger partial charge in [0.1, 0.15) is 18.0 Å². The Balaban J connectivity index is 1.71. The highest BCUT2D eigenvalue weighted by atomic mass is 19.1. The van der Waals surface area contributed by atoms with E-state index >= 15 is 0 Å². The second-order valence-electron chi connectivity index (χ2n) is 7.18. The van der Waals surface area contributed by atoms with Crippen molar-refractivity contribution in [2.45, 2.75) is 45.6 Å². The molecule has 0 unspecified atom stereocenters. The van der Waals surface area contributed by atoms with E-state index in [1.165, 1.54) is 19.2 Å². The number of benzene rings is 1. The summed E-state index contributed by atoms with van der Waals surface area (Å²) < 4.78 is 16.4. The van der Waals surface area contributed by atoms with E-state index < -0.39 is 0 Å². The van der Waals surface area contributed by atoms with Crippen LogP contribution in [0.4, 0.5) is 10.2 Å². The molecule has 1 aliphatic rings. The summed E-state index contributed by atoms with van der Waals surface area (Å²) in [6.07, 6.45) is 3.82. The summed E-state index contributed by atoms with van der Waals surface area (Å²) in [6.45, 7) is 6.08. The minimum absolute atomic E-state index is 0.142. The third kappa shape index (κ3) is 3.08. The highest BCUT2D eigenvalue weighted by Crippen LogP contribution is 2.41. The second-order valence-corrected chi connectivity index (χ2v) is 7.18. The van der Waals surface area contributed by atoms with Crippen LogP contribution < -0.4 is 5.32 Å². The van der Waals surface area contributed by atoms with E-state index in [1.54, 1.807) is 10.6 Å². The van der Waals surface area contributed by atoms with E-state index in [0.29, 0.717) is 17.3 Å². The molecule has 0 radical (unpaired) electrons. The van der Waals surface area contributed by atoms with Gasteiger partial charge in [-0.1, -0.05) is 26.0 Å². The summed E-state index contributed by atoms with van der Waals surface area (Å²) in [5.41, 5.74) is 2.64. The molecule has 2 heterocycles. The molecule has 25 heavy (non-hydrogen) atoms. The number of aryl methyl sites for hydroxylation is 1. The van der Waals surface area contributed by atoms with Gasteiger partial charge >= 0.3 is 0 Å². The van der Waals surface area contributed by atoms with Gasteiger partial charge in [0.2, 0.25) is 0 Å². The first-order valence-corrected chi connectivity index (χ1v) is 8.76. The zero-order valence-corrected chi connectivity index (χ0v) is 14.7. The lowest BCUT2D eigenvalue weighted by Gasteiger charge is -2.25. The fraction of sp³-hybridized carbons (Fsp3) is 0.421. The number of fused-ring (bicyclic) bond motifs is 1. The molecule has 4 rings (SSSR count). The van der Waals surface area contributed by atoms with E-state index in [9.17, 15) is 4.39 Å². The Bertz CT molecular complexity index is 913. The summed E-state index contributed by atoms with van der Waals surface area (Å²) in [6, 6.07) is 7.44. The maximum absolute atomic E-state index is 14.8. The molecule has 0 aliphatic heterocycles. The average Bonchev–Trinajstić information content (AvgIpc) is 3.31. The van der Waals surface area contributed by atoms with E-state index in [2.05, 4.69) is 40.3 Å². The van der Waals surface area contributed by atoms with Gasteiger partial charge in [-0.15, -0.1) is 0 Å². The zero-order chi connectivity index (χ0) is 17.6. The van der Waals surface area contributed by atoms with Gasteiger partial charge in [0.05, 0.1) is 6.04 Å². The number of halogens is 1. The molecule has 3 aromatic rings. The van der Waals surface area contributed by atoms with Crippen LogP contribution in [0.2, 0.25) is 0 Å². The Morgan fingerprint density at radius 2 is 2.04 bits per heavy atom. The van der Waals surface area contributed by atoms with Gasteiger partial charge in [0.15, 0.2) is 0 Å². The molecule has 5 nitrogen and oxygen atoms in total. The minimum atomic E-state index is -0.164. The van der Waals surface area contributed by atoms with E-state index in [0.717, 1.165) is 17.1 Å². The highest BCUT2D eigenvalue weighted by Gasteiger charge is 2.26. The van der Waals surface area contributed by atoms with Crippen LogP contribution in [0.15, 0.2) is 30.6 Å². The van der Waals surface area contributed by atoms with Gasteiger partial charge in [0, 0.05) is 17.3 Å². The van der Waals surface area contributed by atoms with Crippen molar-refractivity contribution in [3.8, 4) is 0 Å². The number of rotatable bonds is 5. The molecule has 6 heteroatoms. The number of hydrogen-bond acceptors (Lipinski definition) is 4. The first-order chi connectivity index (χ1) is 12.0.